The maximum absolute atomic E-state index is 13.0. The minimum Gasteiger partial charge on any atom is -0.352 e. The first kappa shape index (κ1) is 27.9. The Hall–Kier alpha value is -5.63. The average molecular weight is 564 g/mol. The van der Waals surface area contributed by atoms with Crippen LogP contribution >= 0.6 is 0 Å². The Morgan fingerprint density at radius 1 is 0.881 bits per heavy atom. The zero-order chi connectivity index (χ0) is 29.8. The molecule has 0 aromatic heterocycles. The summed E-state index contributed by atoms with van der Waals surface area (Å²) < 4.78 is 0. The van der Waals surface area contributed by atoms with Gasteiger partial charge >= 0.3 is 0 Å². The van der Waals surface area contributed by atoms with Crippen LogP contribution in [0.5, 0.6) is 0 Å². The lowest BCUT2D eigenvalue weighted by atomic mass is 10.0. The smallest absolute Gasteiger partial charge is 0.262 e. The van der Waals surface area contributed by atoms with Crippen molar-refractivity contribution in [3.63, 3.8) is 0 Å². The highest BCUT2D eigenvalue weighted by Crippen LogP contribution is 2.28. The number of imide groups is 2. The fourth-order valence-electron chi connectivity index (χ4n) is 4.89. The van der Waals surface area contributed by atoms with Crippen molar-refractivity contribution in [1.82, 2.24) is 20.9 Å². The summed E-state index contributed by atoms with van der Waals surface area (Å²) >= 11 is 0. The van der Waals surface area contributed by atoms with E-state index in [4.69, 9.17) is 0 Å². The van der Waals surface area contributed by atoms with Gasteiger partial charge in [-0.05, 0) is 47.4 Å². The van der Waals surface area contributed by atoms with E-state index in [2.05, 4.69) is 22.0 Å². The first-order valence-electron chi connectivity index (χ1n) is 13.2. The number of carbonyl (C=O) groups excluding carboxylic acids is 6. The van der Waals surface area contributed by atoms with Crippen molar-refractivity contribution in [2.45, 2.75) is 38.4 Å². The van der Waals surface area contributed by atoms with Crippen LogP contribution in [0.3, 0.4) is 0 Å². The molecule has 2 heterocycles. The molecule has 3 aromatic carbocycles. The minimum atomic E-state index is -1.08. The summed E-state index contributed by atoms with van der Waals surface area (Å²) in [5, 5.41) is 16.9. The molecule has 0 radical (unpaired) electrons. The number of hydrogen-bond acceptors (Lipinski definition) is 7. The number of nitriles is 1. The number of hydrogen-bond donors (Lipinski definition) is 3. The third-order valence-corrected chi connectivity index (χ3v) is 7.16. The van der Waals surface area contributed by atoms with Gasteiger partial charge in [0, 0.05) is 25.1 Å². The molecule has 210 valence electrons. The summed E-state index contributed by atoms with van der Waals surface area (Å²) in [5.41, 5.74) is 3.09. The number of piperidine rings is 1. The van der Waals surface area contributed by atoms with E-state index >= 15 is 0 Å². The number of fused-ring (bicyclic) bond motifs is 1. The molecule has 0 spiro atoms. The Labute approximate surface area is 240 Å². The zero-order valence-corrected chi connectivity index (χ0v) is 22.3. The number of rotatable bonds is 8. The summed E-state index contributed by atoms with van der Waals surface area (Å²) in [7, 11) is 0. The number of benzene rings is 3. The fraction of sp³-hybridized carbons (Fsp3) is 0.194. The van der Waals surface area contributed by atoms with Crippen LogP contribution in [0.15, 0.2) is 66.7 Å². The van der Waals surface area contributed by atoms with Crippen molar-refractivity contribution in [1.29, 1.82) is 5.26 Å². The zero-order valence-electron chi connectivity index (χ0n) is 22.3. The van der Waals surface area contributed by atoms with E-state index in [1.165, 1.54) is 18.2 Å². The van der Waals surface area contributed by atoms with Crippen LogP contribution in [-0.4, -0.2) is 46.4 Å². The lowest BCUT2D eigenvalue weighted by Crippen LogP contribution is -2.54. The van der Waals surface area contributed by atoms with Crippen molar-refractivity contribution < 1.29 is 28.8 Å². The van der Waals surface area contributed by atoms with E-state index in [1.54, 1.807) is 24.3 Å². The molecular formula is C31H25N5O6. The summed E-state index contributed by atoms with van der Waals surface area (Å²) in [6.07, 6.45) is 0.169. The molecule has 11 nitrogen and oxygen atoms in total. The monoisotopic (exact) mass is 563 g/mol. The SMILES string of the molecule is N#Cc1ccccc1CC(=O)NCc1ccc(CNC(=O)c2ccc3c(c2)C(=O)N(C2CCC(=O)NC2=O)C3=O)cc1. The topological polar surface area (TPSA) is 166 Å². The third kappa shape index (κ3) is 5.78. The maximum atomic E-state index is 13.0. The Morgan fingerprint density at radius 2 is 1.55 bits per heavy atom. The van der Waals surface area contributed by atoms with E-state index in [9.17, 15) is 34.0 Å². The molecule has 11 heteroatoms. The molecule has 1 atom stereocenters. The van der Waals surface area contributed by atoms with Gasteiger partial charge in [-0.25, -0.2) is 0 Å². The van der Waals surface area contributed by atoms with Crippen molar-refractivity contribution in [2.75, 3.05) is 0 Å². The summed E-state index contributed by atoms with van der Waals surface area (Å²) in [6.45, 7) is 0.501. The van der Waals surface area contributed by atoms with Crippen LogP contribution in [0, 0.1) is 11.3 Å². The molecule has 0 bridgehead atoms. The molecule has 0 saturated carbocycles. The Kier molecular flexibility index (Phi) is 7.88. The fourth-order valence-corrected chi connectivity index (χ4v) is 4.89. The average Bonchev–Trinajstić information content (AvgIpc) is 3.24. The second-order valence-corrected chi connectivity index (χ2v) is 9.93. The molecule has 2 aliphatic heterocycles. The van der Waals surface area contributed by atoms with Gasteiger partial charge in [-0.1, -0.05) is 42.5 Å². The number of amides is 6. The van der Waals surface area contributed by atoms with Crippen LogP contribution in [0.25, 0.3) is 0 Å². The highest BCUT2D eigenvalue weighted by Gasteiger charge is 2.44. The number of carbonyl (C=O) groups is 6. The van der Waals surface area contributed by atoms with E-state index in [0.717, 1.165) is 16.0 Å². The largest absolute Gasteiger partial charge is 0.352 e. The van der Waals surface area contributed by atoms with Gasteiger partial charge in [0.25, 0.3) is 17.7 Å². The molecule has 42 heavy (non-hydrogen) atoms. The molecule has 6 amide bonds. The Morgan fingerprint density at radius 3 is 2.24 bits per heavy atom. The van der Waals surface area contributed by atoms with Gasteiger partial charge < -0.3 is 10.6 Å². The second-order valence-electron chi connectivity index (χ2n) is 9.93. The van der Waals surface area contributed by atoms with Crippen molar-refractivity contribution in [2.24, 2.45) is 0 Å². The standard InChI is InChI=1S/C31H25N5O6/c32-15-22-4-2-1-3-20(22)14-27(38)33-16-18-5-7-19(8-6-18)17-34-28(39)21-9-10-23-24(13-21)31(42)36(30(23)41)25-11-12-26(37)35-29(25)40/h1-10,13,25H,11-12,14,16-17H2,(H,33,38)(H,34,39)(H,35,37,40). The molecule has 5 rings (SSSR count). The first-order chi connectivity index (χ1) is 20.2. The molecule has 1 saturated heterocycles. The summed E-state index contributed by atoms with van der Waals surface area (Å²) in [5.74, 6) is -3.14. The number of nitrogens with one attached hydrogen (secondary N) is 3. The van der Waals surface area contributed by atoms with E-state index in [1.807, 2.05) is 24.3 Å². The van der Waals surface area contributed by atoms with Gasteiger partial charge in [0.2, 0.25) is 17.7 Å². The highest BCUT2D eigenvalue weighted by molar-refractivity contribution is 6.24. The summed E-state index contributed by atoms with van der Waals surface area (Å²) in [4.78, 5) is 75.5. The van der Waals surface area contributed by atoms with Gasteiger partial charge in [0.1, 0.15) is 6.04 Å². The molecule has 1 unspecified atom stereocenters. The molecule has 0 aliphatic carbocycles. The van der Waals surface area contributed by atoms with Crippen LogP contribution in [0.2, 0.25) is 0 Å². The van der Waals surface area contributed by atoms with Gasteiger partial charge in [-0.3, -0.25) is 39.0 Å². The lowest BCUT2D eigenvalue weighted by molar-refractivity contribution is -0.136. The molecule has 3 aromatic rings. The third-order valence-electron chi connectivity index (χ3n) is 7.16. The predicted molar refractivity (Wildman–Crippen MR) is 147 cm³/mol. The predicted octanol–water partition coefficient (Wildman–Crippen LogP) is 1.75. The van der Waals surface area contributed by atoms with Crippen LogP contribution < -0.4 is 16.0 Å². The summed E-state index contributed by atoms with van der Waals surface area (Å²) in [6, 6.07) is 19.4. The molecule has 1 fully saturated rings. The quantitative estimate of drug-likeness (QED) is 0.351. The van der Waals surface area contributed by atoms with Crippen molar-refractivity contribution in [3.8, 4) is 6.07 Å². The van der Waals surface area contributed by atoms with Gasteiger partial charge in [0.15, 0.2) is 0 Å². The van der Waals surface area contributed by atoms with Crippen LogP contribution in [0.1, 0.15) is 66.2 Å². The second kappa shape index (κ2) is 11.9. The van der Waals surface area contributed by atoms with Gasteiger partial charge in [-0.15, -0.1) is 0 Å². The normalized spacial score (nSPS) is 16.0. The molecular weight excluding hydrogens is 538 g/mol. The Balaban J connectivity index is 1.15. The van der Waals surface area contributed by atoms with E-state index < -0.39 is 35.6 Å². The lowest BCUT2D eigenvalue weighted by Gasteiger charge is -2.27. The highest BCUT2D eigenvalue weighted by atomic mass is 16.2. The van der Waals surface area contributed by atoms with Crippen molar-refractivity contribution >= 4 is 35.4 Å². The Bertz CT molecular complexity index is 1670. The van der Waals surface area contributed by atoms with E-state index in [0.29, 0.717) is 17.7 Å². The van der Waals surface area contributed by atoms with E-state index in [-0.39, 0.29) is 48.4 Å². The maximum Gasteiger partial charge on any atom is 0.262 e. The van der Waals surface area contributed by atoms with Crippen LogP contribution in [0.4, 0.5) is 0 Å². The molecule has 3 N–H and O–H groups in total. The van der Waals surface area contributed by atoms with Crippen LogP contribution in [-0.2, 0) is 33.9 Å². The van der Waals surface area contributed by atoms with Gasteiger partial charge in [-0.2, -0.15) is 5.26 Å². The van der Waals surface area contributed by atoms with Gasteiger partial charge in [0.05, 0.1) is 29.2 Å². The van der Waals surface area contributed by atoms with Crippen molar-refractivity contribution in [3.05, 3.63) is 106 Å². The first-order valence-corrected chi connectivity index (χ1v) is 13.2. The number of nitrogens with zero attached hydrogens (tertiary/aromatic N) is 2. The molecule has 2 aliphatic rings. The minimum absolute atomic E-state index is 0.0193.